The lowest BCUT2D eigenvalue weighted by Crippen LogP contribution is -2.48. The molecule has 3 aliphatic rings. The van der Waals surface area contributed by atoms with Crippen molar-refractivity contribution in [3.05, 3.63) is 11.6 Å². The van der Waals surface area contributed by atoms with Crippen LogP contribution in [0.5, 0.6) is 0 Å². The van der Waals surface area contributed by atoms with E-state index in [1.165, 1.54) is 6.42 Å². The molecule has 8 heteroatoms. The van der Waals surface area contributed by atoms with Gasteiger partial charge < -0.3 is 4.90 Å². The van der Waals surface area contributed by atoms with Crippen molar-refractivity contribution >= 4 is 26.7 Å². The SMILES string of the molecule is O=S(=O)(N1CCCN(c2nccs2)CC1)N1CC2CCC1C2. The molecule has 2 saturated heterocycles. The number of rotatable bonds is 3. The van der Waals surface area contributed by atoms with Crippen LogP contribution in [-0.2, 0) is 10.2 Å². The second kappa shape index (κ2) is 5.74. The normalized spacial score (nSPS) is 30.8. The molecule has 2 unspecified atom stereocenters. The highest BCUT2D eigenvalue weighted by Gasteiger charge is 2.45. The highest BCUT2D eigenvalue weighted by atomic mass is 32.2. The third-order valence-corrected chi connectivity index (χ3v) is 8.02. The fraction of sp³-hybridized carbons (Fsp3) is 0.786. The summed E-state index contributed by atoms with van der Waals surface area (Å²) in [4.78, 5) is 6.55. The fourth-order valence-electron chi connectivity index (χ4n) is 4.00. The van der Waals surface area contributed by atoms with Crippen LogP contribution in [0.2, 0.25) is 0 Å². The predicted molar refractivity (Wildman–Crippen MR) is 87.3 cm³/mol. The van der Waals surface area contributed by atoms with Gasteiger partial charge in [-0.1, -0.05) is 0 Å². The molecular weight excluding hydrogens is 320 g/mol. The van der Waals surface area contributed by atoms with Crippen LogP contribution in [0.1, 0.15) is 25.7 Å². The Bertz CT molecular complexity index is 619. The summed E-state index contributed by atoms with van der Waals surface area (Å²) >= 11 is 1.62. The molecule has 0 N–H and O–H groups in total. The highest BCUT2D eigenvalue weighted by molar-refractivity contribution is 7.86. The van der Waals surface area contributed by atoms with Gasteiger partial charge in [0.15, 0.2) is 5.13 Å². The zero-order valence-electron chi connectivity index (χ0n) is 12.6. The van der Waals surface area contributed by atoms with Crippen LogP contribution in [0.25, 0.3) is 0 Å². The minimum absolute atomic E-state index is 0.258. The molecule has 1 aromatic rings. The Hall–Kier alpha value is -0.700. The van der Waals surface area contributed by atoms with Crippen molar-refractivity contribution in [3.8, 4) is 0 Å². The molecule has 3 heterocycles. The van der Waals surface area contributed by atoms with Gasteiger partial charge in [0.25, 0.3) is 10.2 Å². The van der Waals surface area contributed by atoms with Crippen molar-refractivity contribution in [2.75, 3.05) is 37.6 Å². The van der Waals surface area contributed by atoms with E-state index in [-0.39, 0.29) is 6.04 Å². The second-order valence-corrected chi connectivity index (χ2v) is 9.22. The van der Waals surface area contributed by atoms with Gasteiger partial charge in [-0.15, -0.1) is 11.3 Å². The monoisotopic (exact) mass is 342 g/mol. The summed E-state index contributed by atoms with van der Waals surface area (Å²) in [5, 5.41) is 2.97. The van der Waals surface area contributed by atoms with E-state index in [0.717, 1.165) is 44.0 Å². The molecule has 3 fully saturated rings. The highest BCUT2D eigenvalue weighted by Crippen LogP contribution is 2.39. The van der Waals surface area contributed by atoms with Gasteiger partial charge in [-0.25, -0.2) is 4.98 Å². The smallest absolute Gasteiger partial charge is 0.282 e. The van der Waals surface area contributed by atoms with Crippen molar-refractivity contribution in [3.63, 3.8) is 0 Å². The minimum Gasteiger partial charge on any atom is -0.347 e. The van der Waals surface area contributed by atoms with Crippen molar-refractivity contribution in [2.24, 2.45) is 5.92 Å². The first kappa shape index (κ1) is 14.9. The van der Waals surface area contributed by atoms with E-state index in [4.69, 9.17) is 0 Å². The second-order valence-electron chi connectivity index (χ2n) is 6.46. The Balaban J connectivity index is 1.46. The first-order valence-corrected chi connectivity index (χ1v) is 10.3. The first-order valence-electron chi connectivity index (χ1n) is 8.06. The van der Waals surface area contributed by atoms with E-state index in [2.05, 4.69) is 9.88 Å². The molecule has 22 heavy (non-hydrogen) atoms. The lowest BCUT2D eigenvalue weighted by atomic mass is 10.1. The van der Waals surface area contributed by atoms with Crippen LogP contribution < -0.4 is 4.90 Å². The summed E-state index contributed by atoms with van der Waals surface area (Å²) in [6, 6.07) is 0.258. The Morgan fingerprint density at radius 1 is 1.18 bits per heavy atom. The third-order valence-electron chi connectivity index (χ3n) is 5.13. The van der Waals surface area contributed by atoms with E-state index >= 15 is 0 Å². The first-order chi connectivity index (χ1) is 10.6. The molecule has 6 nitrogen and oxygen atoms in total. The van der Waals surface area contributed by atoms with Crippen molar-refractivity contribution < 1.29 is 8.42 Å². The average molecular weight is 342 g/mol. The number of nitrogens with zero attached hydrogens (tertiary/aromatic N) is 4. The van der Waals surface area contributed by atoms with Crippen molar-refractivity contribution in [1.82, 2.24) is 13.6 Å². The molecule has 2 aliphatic heterocycles. The van der Waals surface area contributed by atoms with Crippen LogP contribution in [0.3, 0.4) is 0 Å². The van der Waals surface area contributed by atoms with Crippen molar-refractivity contribution in [2.45, 2.75) is 31.7 Å². The number of hydrogen-bond donors (Lipinski definition) is 0. The maximum atomic E-state index is 12.9. The predicted octanol–water partition coefficient (Wildman–Crippen LogP) is 1.38. The maximum absolute atomic E-state index is 12.9. The molecular formula is C14H22N4O2S2. The molecule has 1 saturated carbocycles. The quantitative estimate of drug-likeness (QED) is 0.833. The van der Waals surface area contributed by atoms with Crippen LogP contribution in [0, 0.1) is 5.92 Å². The number of hydrogen-bond acceptors (Lipinski definition) is 5. The Kier molecular flexibility index (Phi) is 3.88. The van der Waals surface area contributed by atoms with Gasteiger partial charge in [-0.3, -0.25) is 0 Å². The third kappa shape index (κ3) is 2.55. The summed E-state index contributed by atoms with van der Waals surface area (Å²) in [6.07, 6.45) is 5.98. The van der Waals surface area contributed by atoms with Crippen LogP contribution in [0.15, 0.2) is 11.6 Å². The molecule has 0 spiro atoms. The standard InChI is InChI=1S/C14H22N4O2S2/c19-22(20,18-11-12-2-3-13(18)10-12)17-6-1-5-16(7-8-17)14-15-4-9-21-14/h4,9,12-13H,1-3,5-8,10-11H2. The van der Waals surface area contributed by atoms with Gasteiger partial charge >= 0.3 is 0 Å². The number of anilines is 1. The number of aromatic nitrogens is 1. The molecule has 122 valence electrons. The zero-order valence-corrected chi connectivity index (χ0v) is 14.2. The van der Waals surface area contributed by atoms with Gasteiger partial charge in [-0.05, 0) is 31.6 Å². The largest absolute Gasteiger partial charge is 0.347 e. The Labute approximate surface area is 135 Å². The number of thiazole rings is 1. The molecule has 2 atom stereocenters. The summed E-state index contributed by atoms with van der Waals surface area (Å²) in [5.74, 6) is 0.596. The lowest BCUT2D eigenvalue weighted by Gasteiger charge is -2.31. The molecule has 4 rings (SSSR count). The zero-order chi connectivity index (χ0) is 15.2. The summed E-state index contributed by atoms with van der Waals surface area (Å²) in [6.45, 7) is 3.54. The topological polar surface area (TPSA) is 56.8 Å². The van der Waals surface area contributed by atoms with Gasteiger partial charge in [0.2, 0.25) is 0 Å². The molecule has 1 aromatic heterocycles. The minimum atomic E-state index is -3.29. The summed E-state index contributed by atoms with van der Waals surface area (Å²) in [7, 11) is -3.29. The van der Waals surface area contributed by atoms with E-state index in [9.17, 15) is 8.42 Å². The van der Waals surface area contributed by atoms with Gasteiger partial charge in [0, 0.05) is 50.3 Å². The number of fused-ring (bicyclic) bond motifs is 2. The van der Waals surface area contributed by atoms with E-state index in [1.807, 2.05) is 5.38 Å². The van der Waals surface area contributed by atoms with E-state index in [1.54, 1.807) is 26.1 Å². The fourth-order valence-corrected chi connectivity index (χ4v) is 6.63. The van der Waals surface area contributed by atoms with Gasteiger partial charge in [-0.2, -0.15) is 17.0 Å². The average Bonchev–Trinajstić information content (AvgIpc) is 3.22. The van der Waals surface area contributed by atoms with Gasteiger partial charge in [0.1, 0.15) is 0 Å². The van der Waals surface area contributed by atoms with Crippen LogP contribution in [0.4, 0.5) is 5.13 Å². The van der Waals surface area contributed by atoms with E-state index in [0.29, 0.717) is 19.0 Å². The van der Waals surface area contributed by atoms with Crippen LogP contribution in [-0.4, -0.2) is 60.8 Å². The summed E-state index contributed by atoms with van der Waals surface area (Å²) < 4.78 is 29.4. The lowest BCUT2D eigenvalue weighted by molar-refractivity contribution is 0.297. The molecule has 0 aromatic carbocycles. The van der Waals surface area contributed by atoms with Gasteiger partial charge in [0.05, 0.1) is 0 Å². The molecule has 0 radical (unpaired) electrons. The van der Waals surface area contributed by atoms with Crippen molar-refractivity contribution in [1.29, 1.82) is 0 Å². The molecule has 2 bridgehead atoms. The van der Waals surface area contributed by atoms with E-state index < -0.39 is 10.2 Å². The summed E-state index contributed by atoms with van der Waals surface area (Å²) in [5.41, 5.74) is 0. The Morgan fingerprint density at radius 3 is 2.77 bits per heavy atom. The Morgan fingerprint density at radius 2 is 2.09 bits per heavy atom. The molecule has 1 aliphatic carbocycles. The van der Waals surface area contributed by atoms with Crippen LogP contribution >= 0.6 is 11.3 Å². The maximum Gasteiger partial charge on any atom is 0.282 e. The molecule has 0 amide bonds. The number of piperidine rings is 1.